The van der Waals surface area contributed by atoms with Gasteiger partial charge in [0.2, 0.25) is 0 Å². The van der Waals surface area contributed by atoms with Gasteiger partial charge in [0, 0.05) is 10.6 Å². The second kappa shape index (κ2) is 5.27. The topological polar surface area (TPSA) is 38.0 Å². The quantitative estimate of drug-likeness (QED) is 0.814. The van der Waals surface area contributed by atoms with Crippen molar-refractivity contribution < 1.29 is 4.39 Å². The van der Waals surface area contributed by atoms with Gasteiger partial charge in [-0.15, -0.1) is 0 Å². The largest absolute Gasteiger partial charge is 0.397 e. The van der Waals surface area contributed by atoms with Crippen LogP contribution in [0, 0.1) is 5.82 Å². The molecule has 0 aromatic heterocycles. The highest BCUT2D eigenvalue weighted by molar-refractivity contribution is 6.31. The molecule has 18 heavy (non-hydrogen) atoms. The maximum atomic E-state index is 13.6. The number of nitrogen functional groups attached to an aromatic ring is 1. The highest BCUT2D eigenvalue weighted by Gasteiger charge is 2.11. The van der Waals surface area contributed by atoms with Crippen LogP contribution in [-0.2, 0) is 0 Å². The van der Waals surface area contributed by atoms with E-state index >= 15 is 0 Å². The molecule has 2 aromatic rings. The standard InChI is InChI=1S/C14H14ClFN2/c1-9(11-4-2-3-5-12(11)16)18-14-7-6-10(15)8-13(14)17/h2-9,18H,17H2,1H3. The summed E-state index contributed by atoms with van der Waals surface area (Å²) in [6.45, 7) is 1.88. The molecule has 4 heteroatoms. The Balaban J connectivity index is 2.21. The Hall–Kier alpha value is -1.74. The summed E-state index contributed by atoms with van der Waals surface area (Å²) in [5.41, 5.74) is 7.74. The van der Waals surface area contributed by atoms with Crippen LogP contribution in [0.15, 0.2) is 42.5 Å². The van der Waals surface area contributed by atoms with Gasteiger partial charge in [-0.1, -0.05) is 29.8 Å². The fraction of sp³-hybridized carbons (Fsp3) is 0.143. The molecule has 1 unspecified atom stereocenters. The molecule has 0 aliphatic carbocycles. The first-order valence-electron chi connectivity index (χ1n) is 5.64. The van der Waals surface area contributed by atoms with E-state index in [-0.39, 0.29) is 11.9 Å². The number of anilines is 2. The maximum absolute atomic E-state index is 13.6. The van der Waals surface area contributed by atoms with Gasteiger partial charge in [-0.05, 0) is 31.2 Å². The van der Waals surface area contributed by atoms with Gasteiger partial charge in [0.15, 0.2) is 0 Å². The van der Waals surface area contributed by atoms with Gasteiger partial charge < -0.3 is 11.1 Å². The molecule has 2 aromatic carbocycles. The van der Waals surface area contributed by atoms with Crippen molar-refractivity contribution in [2.45, 2.75) is 13.0 Å². The molecule has 0 fully saturated rings. The third-order valence-corrected chi connectivity index (χ3v) is 2.99. The normalized spacial score (nSPS) is 12.2. The number of nitrogens with two attached hydrogens (primary N) is 1. The molecule has 0 saturated heterocycles. The Morgan fingerprint density at radius 1 is 1.22 bits per heavy atom. The smallest absolute Gasteiger partial charge is 0.128 e. The van der Waals surface area contributed by atoms with Crippen LogP contribution in [0.2, 0.25) is 5.02 Å². The van der Waals surface area contributed by atoms with Crippen molar-refractivity contribution in [2.75, 3.05) is 11.1 Å². The van der Waals surface area contributed by atoms with E-state index in [1.165, 1.54) is 6.07 Å². The third kappa shape index (κ3) is 2.74. The second-order valence-electron chi connectivity index (χ2n) is 4.12. The van der Waals surface area contributed by atoms with Gasteiger partial charge in [0.05, 0.1) is 17.4 Å². The lowest BCUT2D eigenvalue weighted by Gasteiger charge is -2.17. The fourth-order valence-corrected chi connectivity index (χ4v) is 1.98. The minimum absolute atomic E-state index is 0.172. The average molecular weight is 265 g/mol. The van der Waals surface area contributed by atoms with Crippen molar-refractivity contribution in [1.29, 1.82) is 0 Å². The summed E-state index contributed by atoms with van der Waals surface area (Å²) in [5, 5.41) is 3.75. The first-order valence-corrected chi connectivity index (χ1v) is 6.01. The number of hydrogen-bond acceptors (Lipinski definition) is 2. The number of hydrogen-bond donors (Lipinski definition) is 2. The zero-order valence-corrected chi connectivity index (χ0v) is 10.7. The molecule has 94 valence electrons. The highest BCUT2D eigenvalue weighted by atomic mass is 35.5. The molecule has 0 radical (unpaired) electrons. The Labute approximate surface area is 111 Å². The van der Waals surface area contributed by atoms with Crippen molar-refractivity contribution in [3.63, 3.8) is 0 Å². The van der Waals surface area contributed by atoms with E-state index in [1.54, 1.807) is 30.3 Å². The minimum atomic E-state index is -0.231. The van der Waals surface area contributed by atoms with E-state index in [1.807, 2.05) is 13.0 Å². The van der Waals surface area contributed by atoms with Crippen molar-refractivity contribution in [3.8, 4) is 0 Å². The summed E-state index contributed by atoms with van der Waals surface area (Å²) in [4.78, 5) is 0. The Morgan fingerprint density at radius 3 is 2.61 bits per heavy atom. The van der Waals surface area contributed by atoms with E-state index in [0.29, 0.717) is 16.3 Å². The molecular formula is C14H14ClFN2. The van der Waals surface area contributed by atoms with Crippen LogP contribution in [0.4, 0.5) is 15.8 Å². The molecule has 1 atom stereocenters. The molecule has 0 heterocycles. The predicted molar refractivity (Wildman–Crippen MR) is 74.3 cm³/mol. The van der Waals surface area contributed by atoms with Crippen LogP contribution in [0.3, 0.4) is 0 Å². The SMILES string of the molecule is CC(Nc1ccc(Cl)cc1N)c1ccccc1F. The zero-order chi connectivity index (χ0) is 13.1. The number of nitrogens with one attached hydrogen (secondary N) is 1. The first-order chi connectivity index (χ1) is 8.58. The predicted octanol–water partition coefficient (Wildman–Crippen LogP) is 4.23. The molecule has 0 amide bonds. The Kier molecular flexibility index (Phi) is 3.72. The summed E-state index contributed by atoms with van der Waals surface area (Å²) >= 11 is 5.83. The van der Waals surface area contributed by atoms with E-state index < -0.39 is 0 Å². The van der Waals surface area contributed by atoms with E-state index in [9.17, 15) is 4.39 Å². The van der Waals surface area contributed by atoms with E-state index in [4.69, 9.17) is 17.3 Å². The molecule has 0 spiro atoms. The summed E-state index contributed by atoms with van der Waals surface area (Å²) in [5.74, 6) is -0.231. The lowest BCUT2D eigenvalue weighted by atomic mass is 10.1. The van der Waals surface area contributed by atoms with Crippen LogP contribution < -0.4 is 11.1 Å². The minimum Gasteiger partial charge on any atom is -0.397 e. The van der Waals surface area contributed by atoms with Gasteiger partial charge in [0.1, 0.15) is 5.82 Å². The first kappa shape index (κ1) is 12.7. The molecule has 3 N–H and O–H groups in total. The van der Waals surface area contributed by atoms with Gasteiger partial charge in [-0.2, -0.15) is 0 Å². The molecule has 0 saturated carbocycles. The number of benzene rings is 2. The molecule has 2 rings (SSSR count). The van der Waals surface area contributed by atoms with Crippen LogP contribution in [0.25, 0.3) is 0 Å². The molecule has 0 bridgehead atoms. The highest BCUT2D eigenvalue weighted by Crippen LogP contribution is 2.27. The van der Waals surface area contributed by atoms with Gasteiger partial charge in [-0.3, -0.25) is 0 Å². The van der Waals surface area contributed by atoms with Crippen LogP contribution in [0.1, 0.15) is 18.5 Å². The lowest BCUT2D eigenvalue weighted by molar-refractivity contribution is 0.600. The van der Waals surface area contributed by atoms with Crippen LogP contribution in [-0.4, -0.2) is 0 Å². The summed E-state index contributed by atoms with van der Waals surface area (Å²) in [7, 11) is 0. The maximum Gasteiger partial charge on any atom is 0.128 e. The van der Waals surface area contributed by atoms with Crippen molar-refractivity contribution in [2.24, 2.45) is 0 Å². The van der Waals surface area contributed by atoms with Gasteiger partial charge >= 0.3 is 0 Å². The monoisotopic (exact) mass is 264 g/mol. The third-order valence-electron chi connectivity index (χ3n) is 2.76. The van der Waals surface area contributed by atoms with Crippen LogP contribution in [0.5, 0.6) is 0 Å². The van der Waals surface area contributed by atoms with E-state index in [2.05, 4.69) is 5.32 Å². The van der Waals surface area contributed by atoms with Gasteiger partial charge in [0.25, 0.3) is 0 Å². The fourth-order valence-electron chi connectivity index (χ4n) is 1.80. The number of rotatable bonds is 3. The van der Waals surface area contributed by atoms with Gasteiger partial charge in [-0.25, -0.2) is 4.39 Å². The average Bonchev–Trinajstić information content (AvgIpc) is 2.33. The molecule has 2 nitrogen and oxygen atoms in total. The van der Waals surface area contributed by atoms with Crippen molar-refractivity contribution in [1.82, 2.24) is 0 Å². The Morgan fingerprint density at radius 2 is 1.94 bits per heavy atom. The molecular weight excluding hydrogens is 251 g/mol. The molecule has 0 aliphatic heterocycles. The van der Waals surface area contributed by atoms with Crippen molar-refractivity contribution >= 4 is 23.0 Å². The van der Waals surface area contributed by atoms with Crippen LogP contribution >= 0.6 is 11.6 Å². The second-order valence-corrected chi connectivity index (χ2v) is 4.56. The zero-order valence-electron chi connectivity index (χ0n) is 9.95. The lowest BCUT2D eigenvalue weighted by Crippen LogP contribution is -2.09. The summed E-state index contributed by atoms with van der Waals surface area (Å²) in [6.07, 6.45) is 0. The Bertz CT molecular complexity index is 557. The number of halogens is 2. The summed E-state index contributed by atoms with van der Waals surface area (Å²) in [6, 6.07) is 11.7. The van der Waals surface area contributed by atoms with E-state index in [0.717, 1.165) is 5.69 Å². The molecule has 0 aliphatic rings. The van der Waals surface area contributed by atoms with Crippen molar-refractivity contribution in [3.05, 3.63) is 58.9 Å². The summed E-state index contributed by atoms with van der Waals surface area (Å²) < 4.78 is 13.6.